The van der Waals surface area contributed by atoms with Gasteiger partial charge in [-0.05, 0) is 62.3 Å². The summed E-state index contributed by atoms with van der Waals surface area (Å²) in [5.41, 5.74) is 9.00. The molecule has 0 aromatic heterocycles. The van der Waals surface area contributed by atoms with Crippen LogP contribution < -0.4 is 15.8 Å². The third-order valence-electron chi connectivity index (χ3n) is 6.98. The number of carbonyl (C=O) groups is 3. The van der Waals surface area contributed by atoms with Crippen molar-refractivity contribution >= 4 is 17.8 Å². The van der Waals surface area contributed by atoms with Crippen LogP contribution in [0.25, 0.3) is 0 Å². The Morgan fingerprint density at radius 1 is 1.11 bits per heavy atom. The first kappa shape index (κ1) is 29.1. The zero-order chi connectivity index (χ0) is 27.5. The number of hydrogen-bond donors (Lipinski definition) is 2. The van der Waals surface area contributed by atoms with Crippen LogP contribution in [0.4, 0.5) is 0 Å². The number of rotatable bonds is 16. The molecule has 2 amide bonds. The van der Waals surface area contributed by atoms with Crippen LogP contribution in [0.2, 0.25) is 0 Å². The van der Waals surface area contributed by atoms with E-state index in [1.807, 2.05) is 18.2 Å². The highest BCUT2D eigenvalue weighted by molar-refractivity contribution is 6.01. The monoisotopic (exact) mass is 524 g/mol. The average molecular weight is 525 g/mol. The van der Waals surface area contributed by atoms with Crippen LogP contribution in [0.3, 0.4) is 0 Å². The van der Waals surface area contributed by atoms with E-state index in [1.54, 1.807) is 12.1 Å². The van der Waals surface area contributed by atoms with Crippen molar-refractivity contribution in [1.82, 2.24) is 15.1 Å². The van der Waals surface area contributed by atoms with Gasteiger partial charge in [-0.1, -0.05) is 44.2 Å². The molecule has 9 heteroatoms. The molecule has 2 aromatic carbocycles. The lowest BCUT2D eigenvalue weighted by molar-refractivity contribution is -0.141. The van der Waals surface area contributed by atoms with Crippen LogP contribution in [-0.2, 0) is 34.0 Å². The van der Waals surface area contributed by atoms with Gasteiger partial charge in [-0.3, -0.25) is 14.4 Å². The summed E-state index contributed by atoms with van der Waals surface area (Å²) >= 11 is 0. The number of nitrogens with one attached hydrogen (secondary N) is 1. The standard InChI is InChI=1S/C29H40N4O5/c1-4-32(5-2)17-7-16-31-18-21-10-12-22(13-11-21)20-38-26-9-6-8-23-24(26)19-33(29(23)36)25(28(30)35)14-15-27(34)37-3/h6,8-13,25,31H,4-5,7,14-20H2,1-3H3,(H2,30,35). The Morgan fingerprint density at radius 2 is 1.82 bits per heavy atom. The van der Waals surface area contributed by atoms with Crippen LogP contribution in [-0.4, -0.2) is 66.9 Å². The van der Waals surface area contributed by atoms with Crippen LogP contribution in [0.15, 0.2) is 42.5 Å². The van der Waals surface area contributed by atoms with E-state index in [0.29, 0.717) is 23.5 Å². The molecule has 1 heterocycles. The lowest BCUT2D eigenvalue weighted by atomic mass is 10.1. The van der Waals surface area contributed by atoms with Crippen LogP contribution in [0.1, 0.15) is 60.2 Å². The van der Waals surface area contributed by atoms with E-state index in [-0.39, 0.29) is 25.3 Å². The van der Waals surface area contributed by atoms with Crippen molar-refractivity contribution in [2.45, 2.75) is 58.8 Å². The van der Waals surface area contributed by atoms with Crippen molar-refractivity contribution < 1.29 is 23.9 Å². The van der Waals surface area contributed by atoms with E-state index >= 15 is 0 Å². The highest BCUT2D eigenvalue weighted by Gasteiger charge is 2.37. The van der Waals surface area contributed by atoms with E-state index in [1.165, 1.54) is 17.6 Å². The van der Waals surface area contributed by atoms with Gasteiger partial charge >= 0.3 is 5.97 Å². The predicted molar refractivity (Wildman–Crippen MR) is 145 cm³/mol. The fourth-order valence-corrected chi connectivity index (χ4v) is 4.64. The third-order valence-corrected chi connectivity index (χ3v) is 6.98. The average Bonchev–Trinajstić information content (AvgIpc) is 3.26. The Morgan fingerprint density at radius 3 is 2.47 bits per heavy atom. The van der Waals surface area contributed by atoms with Gasteiger partial charge in [0.1, 0.15) is 18.4 Å². The quantitative estimate of drug-likeness (QED) is 0.256. The lowest BCUT2D eigenvalue weighted by Gasteiger charge is -2.24. The van der Waals surface area contributed by atoms with E-state index < -0.39 is 17.9 Å². The summed E-state index contributed by atoms with van der Waals surface area (Å²) in [6.45, 7) is 10.0. The summed E-state index contributed by atoms with van der Waals surface area (Å²) in [6.07, 6.45) is 1.23. The molecule has 3 N–H and O–H groups in total. The maximum absolute atomic E-state index is 13.1. The second-order valence-corrected chi connectivity index (χ2v) is 9.41. The summed E-state index contributed by atoms with van der Waals surface area (Å²) in [4.78, 5) is 40.5. The molecule has 0 saturated heterocycles. The number of ether oxygens (including phenoxy) is 2. The molecule has 1 unspecified atom stereocenters. The van der Waals surface area contributed by atoms with Crippen molar-refractivity contribution in [3.05, 3.63) is 64.7 Å². The number of nitrogens with zero attached hydrogens (tertiary/aromatic N) is 2. The number of primary amides is 1. The first-order valence-corrected chi connectivity index (χ1v) is 13.3. The second kappa shape index (κ2) is 14.5. The number of carbonyl (C=O) groups excluding carboxylic acids is 3. The van der Waals surface area contributed by atoms with Gasteiger partial charge in [0.2, 0.25) is 5.91 Å². The molecule has 0 aliphatic carbocycles. The molecule has 1 aliphatic rings. The summed E-state index contributed by atoms with van der Waals surface area (Å²) in [6, 6.07) is 12.7. The Balaban J connectivity index is 1.54. The lowest BCUT2D eigenvalue weighted by Crippen LogP contribution is -2.45. The highest BCUT2D eigenvalue weighted by Crippen LogP contribution is 2.33. The number of benzene rings is 2. The van der Waals surface area contributed by atoms with Gasteiger partial charge in [0.15, 0.2) is 0 Å². The summed E-state index contributed by atoms with van der Waals surface area (Å²) < 4.78 is 10.8. The van der Waals surface area contributed by atoms with E-state index in [9.17, 15) is 14.4 Å². The summed E-state index contributed by atoms with van der Waals surface area (Å²) in [5.74, 6) is -0.820. The van der Waals surface area contributed by atoms with Gasteiger partial charge in [-0.2, -0.15) is 0 Å². The number of esters is 1. The van der Waals surface area contributed by atoms with Crippen molar-refractivity contribution in [3.63, 3.8) is 0 Å². The fourth-order valence-electron chi connectivity index (χ4n) is 4.64. The van der Waals surface area contributed by atoms with Crippen molar-refractivity contribution in [2.75, 3.05) is 33.3 Å². The van der Waals surface area contributed by atoms with Crippen LogP contribution >= 0.6 is 0 Å². The molecule has 0 bridgehead atoms. The Labute approximate surface area is 225 Å². The fraction of sp³-hybridized carbons (Fsp3) is 0.483. The van der Waals surface area contributed by atoms with E-state index in [0.717, 1.165) is 44.7 Å². The maximum atomic E-state index is 13.1. The predicted octanol–water partition coefficient (Wildman–Crippen LogP) is 2.85. The molecule has 0 saturated carbocycles. The van der Waals surface area contributed by atoms with Gasteiger partial charge in [-0.15, -0.1) is 0 Å². The minimum absolute atomic E-state index is 0.00454. The number of hydrogen-bond acceptors (Lipinski definition) is 7. The second-order valence-electron chi connectivity index (χ2n) is 9.41. The van der Waals surface area contributed by atoms with Gasteiger partial charge in [0, 0.05) is 24.1 Å². The normalized spacial score (nSPS) is 13.5. The van der Waals surface area contributed by atoms with E-state index in [4.69, 9.17) is 10.5 Å². The molecule has 1 atom stereocenters. The van der Waals surface area contributed by atoms with E-state index in [2.05, 4.69) is 40.9 Å². The van der Waals surface area contributed by atoms with Crippen LogP contribution in [0, 0.1) is 0 Å². The topological polar surface area (TPSA) is 114 Å². The smallest absolute Gasteiger partial charge is 0.305 e. The molecular formula is C29H40N4O5. The first-order chi connectivity index (χ1) is 18.4. The van der Waals surface area contributed by atoms with Gasteiger partial charge in [0.05, 0.1) is 13.7 Å². The Bertz CT molecular complexity index is 1080. The largest absolute Gasteiger partial charge is 0.489 e. The maximum Gasteiger partial charge on any atom is 0.305 e. The zero-order valence-electron chi connectivity index (χ0n) is 22.7. The molecule has 0 radical (unpaired) electrons. The molecule has 2 aromatic rings. The summed E-state index contributed by atoms with van der Waals surface area (Å²) in [7, 11) is 1.28. The van der Waals surface area contributed by atoms with Gasteiger partial charge in [0.25, 0.3) is 5.91 Å². The molecule has 3 rings (SSSR count). The molecule has 38 heavy (non-hydrogen) atoms. The first-order valence-electron chi connectivity index (χ1n) is 13.3. The summed E-state index contributed by atoms with van der Waals surface area (Å²) in [5, 5.41) is 3.50. The minimum atomic E-state index is -0.903. The number of fused-ring (bicyclic) bond motifs is 1. The Kier molecular flexibility index (Phi) is 11.1. The minimum Gasteiger partial charge on any atom is -0.489 e. The zero-order valence-corrected chi connectivity index (χ0v) is 22.7. The van der Waals surface area contributed by atoms with Gasteiger partial charge < -0.3 is 30.3 Å². The molecule has 0 spiro atoms. The SMILES string of the molecule is CCN(CC)CCCNCc1ccc(COc2cccc3c2CN(C(CCC(=O)OC)C(N)=O)C3=O)cc1. The third kappa shape index (κ3) is 7.79. The molecule has 1 aliphatic heterocycles. The highest BCUT2D eigenvalue weighted by atomic mass is 16.5. The molecule has 9 nitrogen and oxygen atoms in total. The van der Waals surface area contributed by atoms with Crippen molar-refractivity contribution in [2.24, 2.45) is 5.73 Å². The molecule has 0 fully saturated rings. The number of nitrogens with two attached hydrogens (primary N) is 1. The van der Waals surface area contributed by atoms with Crippen molar-refractivity contribution in [1.29, 1.82) is 0 Å². The van der Waals surface area contributed by atoms with Gasteiger partial charge in [-0.25, -0.2) is 0 Å². The number of amides is 2. The Hall–Kier alpha value is -3.43. The molecule has 206 valence electrons. The number of methoxy groups -OCH3 is 1. The van der Waals surface area contributed by atoms with Crippen molar-refractivity contribution in [3.8, 4) is 5.75 Å². The molecular weight excluding hydrogens is 484 g/mol. The van der Waals surface area contributed by atoms with Crippen LogP contribution in [0.5, 0.6) is 5.75 Å².